The molecule has 5 nitrogen and oxygen atoms in total. The molecule has 2 aliphatic rings. The van der Waals surface area contributed by atoms with Gasteiger partial charge in [0.05, 0.1) is 12.7 Å². The molecule has 0 aromatic rings. The van der Waals surface area contributed by atoms with E-state index in [1.54, 1.807) is 6.92 Å². The molecule has 0 saturated carbocycles. The fraction of sp³-hybridized carbons (Fsp3) is 0.929. The topological polar surface area (TPSA) is 54.0 Å². The van der Waals surface area contributed by atoms with E-state index in [4.69, 9.17) is 18.9 Å². The second-order valence-corrected chi connectivity index (χ2v) is 6.87. The second-order valence-electron chi connectivity index (χ2n) is 5.88. The molecule has 0 N–H and O–H groups in total. The summed E-state index contributed by atoms with van der Waals surface area (Å²) in [4.78, 5) is 11.4. The quantitative estimate of drug-likeness (QED) is 0.575. The van der Waals surface area contributed by atoms with Crippen LogP contribution in [-0.2, 0) is 23.7 Å². The van der Waals surface area contributed by atoms with Crippen molar-refractivity contribution in [3.8, 4) is 0 Å². The molecule has 0 aromatic carbocycles. The Bertz CT molecular complexity index is 386. The number of hydrogen-bond donors (Lipinski definition) is 0. The van der Waals surface area contributed by atoms with Crippen LogP contribution in [0.4, 0.5) is 0 Å². The SMILES string of the molecule is CCOC(=O)C(Br)C1O[C@H](CC)[C@H]2OC(C)(C)O[C@@]12C. The molecular formula is C14H23BrO5. The van der Waals surface area contributed by atoms with E-state index in [9.17, 15) is 4.79 Å². The third-order valence-electron chi connectivity index (χ3n) is 3.85. The van der Waals surface area contributed by atoms with Crippen LogP contribution in [0.1, 0.15) is 41.0 Å². The Kier molecular flexibility index (Phi) is 4.50. The summed E-state index contributed by atoms with van der Waals surface area (Å²) in [5.74, 6) is -1.00. The molecule has 2 heterocycles. The summed E-state index contributed by atoms with van der Waals surface area (Å²) in [5.41, 5.74) is -0.662. The largest absolute Gasteiger partial charge is 0.465 e. The zero-order valence-corrected chi connectivity index (χ0v) is 14.2. The maximum Gasteiger partial charge on any atom is 0.322 e. The number of carbonyl (C=O) groups is 1. The lowest BCUT2D eigenvalue weighted by Crippen LogP contribution is -2.49. The van der Waals surface area contributed by atoms with Gasteiger partial charge in [0.2, 0.25) is 0 Å². The highest BCUT2D eigenvalue weighted by molar-refractivity contribution is 9.10. The van der Waals surface area contributed by atoms with E-state index in [1.807, 2.05) is 27.7 Å². The highest BCUT2D eigenvalue weighted by Gasteiger charge is 2.65. The van der Waals surface area contributed by atoms with Gasteiger partial charge < -0.3 is 18.9 Å². The molecule has 2 fully saturated rings. The van der Waals surface area contributed by atoms with Crippen molar-refractivity contribution in [1.82, 2.24) is 0 Å². The molecule has 2 saturated heterocycles. The summed E-state index contributed by atoms with van der Waals surface area (Å²) in [5, 5.41) is 0. The molecule has 6 heteroatoms. The maximum atomic E-state index is 12.0. The standard InChI is InChI=1S/C14H23BrO5/c1-6-8-10-14(5,20-13(3,4)19-10)11(18-8)9(15)12(16)17-7-2/h8-11H,6-7H2,1-5H3/t8-,9?,10-,11?,14-/m1/s1. The van der Waals surface area contributed by atoms with Crippen molar-refractivity contribution in [2.24, 2.45) is 0 Å². The smallest absolute Gasteiger partial charge is 0.322 e. The lowest BCUT2D eigenvalue weighted by Gasteiger charge is -2.31. The van der Waals surface area contributed by atoms with E-state index in [0.29, 0.717) is 6.61 Å². The van der Waals surface area contributed by atoms with E-state index >= 15 is 0 Å². The molecule has 0 spiro atoms. The molecule has 5 atom stereocenters. The van der Waals surface area contributed by atoms with Gasteiger partial charge in [0.25, 0.3) is 0 Å². The molecule has 0 aromatic heterocycles. The number of rotatable bonds is 4. The molecule has 20 heavy (non-hydrogen) atoms. The zero-order chi connectivity index (χ0) is 15.1. The van der Waals surface area contributed by atoms with Gasteiger partial charge in [-0.2, -0.15) is 0 Å². The summed E-state index contributed by atoms with van der Waals surface area (Å²) in [6, 6.07) is 0. The molecule has 0 amide bonds. The van der Waals surface area contributed by atoms with Crippen LogP contribution in [-0.4, -0.2) is 47.1 Å². The fourth-order valence-corrected chi connectivity index (χ4v) is 3.89. The summed E-state index contributed by atoms with van der Waals surface area (Å²) < 4.78 is 23.1. The number of hydrogen-bond acceptors (Lipinski definition) is 5. The van der Waals surface area contributed by atoms with Gasteiger partial charge in [0.1, 0.15) is 22.6 Å². The Labute approximate surface area is 128 Å². The van der Waals surface area contributed by atoms with Gasteiger partial charge in [-0.25, -0.2) is 0 Å². The number of halogens is 1. The van der Waals surface area contributed by atoms with Crippen LogP contribution < -0.4 is 0 Å². The van der Waals surface area contributed by atoms with Gasteiger partial charge in [-0.3, -0.25) is 4.79 Å². The molecular weight excluding hydrogens is 328 g/mol. The predicted octanol–water partition coefficient (Wildman–Crippen LogP) is 2.40. The van der Waals surface area contributed by atoms with Crippen molar-refractivity contribution in [2.75, 3.05) is 6.61 Å². The first-order valence-corrected chi connectivity index (χ1v) is 8.01. The first kappa shape index (κ1) is 16.2. The monoisotopic (exact) mass is 350 g/mol. The second kappa shape index (κ2) is 5.55. The van der Waals surface area contributed by atoms with Crippen LogP contribution in [0.5, 0.6) is 0 Å². The van der Waals surface area contributed by atoms with Crippen LogP contribution in [0.2, 0.25) is 0 Å². The van der Waals surface area contributed by atoms with Gasteiger partial charge in [-0.05, 0) is 34.1 Å². The Morgan fingerprint density at radius 2 is 2.00 bits per heavy atom. The van der Waals surface area contributed by atoms with Crippen LogP contribution in [0.15, 0.2) is 0 Å². The van der Waals surface area contributed by atoms with E-state index in [-0.39, 0.29) is 18.2 Å². The average Bonchev–Trinajstić information content (AvgIpc) is 2.74. The van der Waals surface area contributed by atoms with Gasteiger partial charge in [0.15, 0.2) is 5.79 Å². The zero-order valence-electron chi connectivity index (χ0n) is 12.6. The van der Waals surface area contributed by atoms with E-state index in [1.165, 1.54) is 0 Å². The minimum Gasteiger partial charge on any atom is -0.465 e. The third-order valence-corrected chi connectivity index (χ3v) is 4.70. The van der Waals surface area contributed by atoms with Crippen LogP contribution in [0, 0.1) is 0 Å². The number of esters is 1. The van der Waals surface area contributed by atoms with E-state index < -0.39 is 22.3 Å². The van der Waals surface area contributed by atoms with Gasteiger partial charge in [0, 0.05) is 0 Å². The average molecular weight is 351 g/mol. The molecule has 2 rings (SSSR count). The molecule has 0 bridgehead atoms. The predicted molar refractivity (Wildman–Crippen MR) is 76.7 cm³/mol. The molecule has 2 unspecified atom stereocenters. The summed E-state index contributed by atoms with van der Waals surface area (Å²) in [7, 11) is 0. The lowest BCUT2D eigenvalue weighted by atomic mass is 9.90. The van der Waals surface area contributed by atoms with Crippen molar-refractivity contribution < 1.29 is 23.7 Å². The number of alkyl halides is 1. The highest BCUT2D eigenvalue weighted by atomic mass is 79.9. The Hall–Kier alpha value is -0.170. The van der Waals surface area contributed by atoms with Crippen molar-refractivity contribution in [3.05, 3.63) is 0 Å². The highest BCUT2D eigenvalue weighted by Crippen LogP contribution is 2.49. The van der Waals surface area contributed by atoms with Crippen molar-refractivity contribution in [3.63, 3.8) is 0 Å². The van der Waals surface area contributed by atoms with Crippen molar-refractivity contribution in [2.45, 2.75) is 75.6 Å². The van der Waals surface area contributed by atoms with Crippen molar-refractivity contribution in [1.29, 1.82) is 0 Å². The number of carbonyl (C=O) groups excluding carboxylic acids is 1. The fourth-order valence-electron chi connectivity index (χ4n) is 3.11. The lowest BCUT2D eigenvalue weighted by molar-refractivity contribution is -0.204. The summed E-state index contributed by atoms with van der Waals surface area (Å²) in [6.07, 6.45) is 0.111. The molecule has 116 valence electrons. The number of fused-ring (bicyclic) bond motifs is 1. The summed E-state index contributed by atoms with van der Waals surface area (Å²) >= 11 is 3.40. The minimum atomic E-state index is -0.670. The molecule has 0 radical (unpaired) electrons. The Morgan fingerprint density at radius 3 is 2.55 bits per heavy atom. The molecule has 2 aliphatic heterocycles. The Balaban J connectivity index is 2.24. The van der Waals surface area contributed by atoms with Gasteiger partial charge >= 0.3 is 5.97 Å². The minimum absolute atomic E-state index is 0.0822. The van der Waals surface area contributed by atoms with Crippen LogP contribution >= 0.6 is 15.9 Å². The van der Waals surface area contributed by atoms with Crippen LogP contribution in [0.25, 0.3) is 0 Å². The van der Waals surface area contributed by atoms with E-state index in [0.717, 1.165) is 6.42 Å². The first-order chi connectivity index (χ1) is 9.25. The van der Waals surface area contributed by atoms with Crippen molar-refractivity contribution >= 4 is 21.9 Å². The maximum absolute atomic E-state index is 12.0. The van der Waals surface area contributed by atoms with E-state index in [2.05, 4.69) is 15.9 Å². The van der Waals surface area contributed by atoms with Gasteiger partial charge in [-0.15, -0.1) is 0 Å². The van der Waals surface area contributed by atoms with Crippen LogP contribution in [0.3, 0.4) is 0 Å². The normalized spacial score (nSPS) is 40.4. The molecule has 0 aliphatic carbocycles. The number of ether oxygens (including phenoxy) is 4. The third kappa shape index (κ3) is 2.63. The Morgan fingerprint density at radius 1 is 1.35 bits per heavy atom. The van der Waals surface area contributed by atoms with Gasteiger partial charge in [-0.1, -0.05) is 22.9 Å². The summed E-state index contributed by atoms with van der Waals surface area (Å²) in [6.45, 7) is 9.87. The first-order valence-electron chi connectivity index (χ1n) is 7.09.